The lowest BCUT2D eigenvalue weighted by molar-refractivity contribution is -0.139. The van der Waals surface area contributed by atoms with Gasteiger partial charge in [-0.2, -0.15) is 13.2 Å². The summed E-state index contributed by atoms with van der Waals surface area (Å²) in [4.78, 5) is 10.2. The highest BCUT2D eigenvalue weighted by Gasteiger charge is 2.36. The molecule has 146 valence electrons. The van der Waals surface area contributed by atoms with Crippen LogP contribution in [-0.2, 0) is 27.2 Å². The highest BCUT2D eigenvalue weighted by Crippen LogP contribution is 2.40. The Labute approximate surface area is 152 Å². The molecule has 0 aliphatic heterocycles. The molecule has 0 aromatic heterocycles. The average Bonchev–Trinajstić information content (AvgIpc) is 2.52. The van der Waals surface area contributed by atoms with Gasteiger partial charge in [-0.25, -0.2) is 12.8 Å². The molecule has 2 aromatic carbocycles. The van der Waals surface area contributed by atoms with Gasteiger partial charge >= 0.3 is 12.1 Å². The van der Waals surface area contributed by atoms with Gasteiger partial charge in [0.2, 0.25) is 0 Å². The molecule has 0 aliphatic carbocycles. The smallest absolute Gasteiger partial charge is 0.420 e. The van der Waals surface area contributed by atoms with Crippen LogP contribution in [0.15, 0.2) is 41.3 Å². The van der Waals surface area contributed by atoms with E-state index in [-0.39, 0.29) is 24.2 Å². The number of rotatable bonds is 6. The molecule has 10 heteroatoms. The Kier molecular flexibility index (Phi) is 5.79. The van der Waals surface area contributed by atoms with Crippen LogP contribution in [0.1, 0.15) is 17.5 Å². The standard InChI is InChI=1S/C17H14F4O5S/c1-27(24,25)12-5-6-14(13(9-12)17(19,20)21)26-15-8-11(18)4-2-10(15)3-7-16(22)23/h2,4-6,8-9H,3,7H2,1H3,(H,22,23). The first-order chi connectivity index (χ1) is 12.4. The number of hydrogen-bond donors (Lipinski definition) is 1. The molecule has 0 bridgehead atoms. The van der Waals surface area contributed by atoms with E-state index >= 15 is 0 Å². The minimum atomic E-state index is -4.93. The third kappa shape index (κ3) is 5.43. The summed E-state index contributed by atoms with van der Waals surface area (Å²) in [6.07, 6.45) is -4.58. The number of aryl methyl sites for hydroxylation is 1. The van der Waals surface area contributed by atoms with Gasteiger partial charge in [-0.05, 0) is 36.2 Å². The number of carbonyl (C=O) groups is 1. The van der Waals surface area contributed by atoms with E-state index in [1.807, 2.05) is 0 Å². The minimum Gasteiger partial charge on any atom is -0.481 e. The third-order valence-corrected chi connectivity index (χ3v) is 4.65. The van der Waals surface area contributed by atoms with Gasteiger partial charge in [-0.1, -0.05) is 6.07 Å². The van der Waals surface area contributed by atoms with Gasteiger partial charge < -0.3 is 9.84 Å². The first-order valence-corrected chi connectivity index (χ1v) is 9.36. The zero-order valence-electron chi connectivity index (χ0n) is 13.9. The topological polar surface area (TPSA) is 80.7 Å². The van der Waals surface area contributed by atoms with E-state index in [0.717, 1.165) is 30.5 Å². The number of aliphatic carboxylic acids is 1. The van der Waals surface area contributed by atoms with Crippen LogP contribution >= 0.6 is 0 Å². The second-order valence-electron chi connectivity index (χ2n) is 5.68. The second kappa shape index (κ2) is 7.55. The fraction of sp³-hybridized carbons (Fsp3) is 0.235. The van der Waals surface area contributed by atoms with Crippen LogP contribution in [0.3, 0.4) is 0 Å². The SMILES string of the molecule is CS(=O)(=O)c1ccc(Oc2cc(F)ccc2CCC(=O)O)c(C(F)(F)F)c1. The molecule has 0 heterocycles. The third-order valence-electron chi connectivity index (χ3n) is 3.54. The van der Waals surface area contributed by atoms with E-state index in [1.165, 1.54) is 6.07 Å². The van der Waals surface area contributed by atoms with Crippen molar-refractivity contribution in [3.63, 3.8) is 0 Å². The Hall–Kier alpha value is -2.62. The lowest BCUT2D eigenvalue weighted by Gasteiger charge is -2.16. The van der Waals surface area contributed by atoms with Gasteiger partial charge in [0.1, 0.15) is 17.3 Å². The van der Waals surface area contributed by atoms with Crippen LogP contribution in [0, 0.1) is 5.82 Å². The molecule has 5 nitrogen and oxygen atoms in total. The van der Waals surface area contributed by atoms with E-state index in [1.54, 1.807) is 0 Å². The average molecular weight is 406 g/mol. The number of hydrogen-bond acceptors (Lipinski definition) is 4. The summed E-state index contributed by atoms with van der Waals surface area (Å²) in [5.74, 6) is -2.94. The van der Waals surface area contributed by atoms with E-state index in [2.05, 4.69) is 0 Å². The molecule has 0 saturated heterocycles. The van der Waals surface area contributed by atoms with Crippen molar-refractivity contribution in [3.05, 3.63) is 53.3 Å². The summed E-state index contributed by atoms with van der Waals surface area (Å²) in [6.45, 7) is 0. The number of benzene rings is 2. The van der Waals surface area contributed by atoms with Gasteiger partial charge in [0.05, 0.1) is 10.5 Å². The van der Waals surface area contributed by atoms with Crippen molar-refractivity contribution in [3.8, 4) is 11.5 Å². The molecule has 0 amide bonds. The summed E-state index contributed by atoms with van der Waals surface area (Å²) in [5, 5.41) is 8.75. The first kappa shape index (κ1) is 20.7. The Balaban J connectivity index is 2.51. The zero-order valence-corrected chi connectivity index (χ0v) is 14.7. The highest BCUT2D eigenvalue weighted by molar-refractivity contribution is 7.90. The maximum Gasteiger partial charge on any atom is 0.420 e. The number of alkyl halides is 3. The summed E-state index contributed by atoms with van der Waals surface area (Å²) >= 11 is 0. The van der Waals surface area contributed by atoms with Crippen molar-refractivity contribution in [1.82, 2.24) is 0 Å². The normalized spacial score (nSPS) is 12.0. The van der Waals surface area contributed by atoms with Crippen molar-refractivity contribution in [1.29, 1.82) is 0 Å². The Morgan fingerprint density at radius 1 is 1.11 bits per heavy atom. The Morgan fingerprint density at radius 2 is 1.78 bits per heavy atom. The number of halogens is 4. The summed E-state index contributed by atoms with van der Waals surface area (Å²) in [5.41, 5.74) is -1.15. The molecule has 0 spiro atoms. The number of sulfone groups is 1. The molecule has 27 heavy (non-hydrogen) atoms. The molecule has 0 saturated carbocycles. The van der Waals surface area contributed by atoms with Gasteiger partial charge in [0.15, 0.2) is 9.84 Å². The van der Waals surface area contributed by atoms with Crippen molar-refractivity contribution < 1.29 is 40.6 Å². The van der Waals surface area contributed by atoms with Gasteiger partial charge in [0.25, 0.3) is 0 Å². The maximum atomic E-state index is 13.5. The van der Waals surface area contributed by atoms with Crippen LogP contribution in [0.25, 0.3) is 0 Å². The number of carboxylic acids is 1. The largest absolute Gasteiger partial charge is 0.481 e. The summed E-state index contributed by atoms with van der Waals surface area (Å²) in [7, 11) is -3.89. The number of carboxylic acid groups (broad SMARTS) is 1. The zero-order chi connectivity index (χ0) is 20.4. The van der Waals surface area contributed by atoms with Crippen LogP contribution < -0.4 is 4.74 Å². The predicted octanol–water partition coefficient (Wildman–Crippen LogP) is 4.06. The molecule has 2 rings (SSSR count). The van der Waals surface area contributed by atoms with Crippen molar-refractivity contribution in [2.24, 2.45) is 0 Å². The molecule has 2 aromatic rings. The van der Waals surface area contributed by atoms with E-state index < -0.39 is 44.0 Å². The molecule has 0 aliphatic rings. The lowest BCUT2D eigenvalue weighted by Crippen LogP contribution is -2.10. The Bertz CT molecular complexity index is 968. The van der Waals surface area contributed by atoms with Crippen LogP contribution in [0.2, 0.25) is 0 Å². The first-order valence-electron chi connectivity index (χ1n) is 7.47. The fourth-order valence-electron chi connectivity index (χ4n) is 2.24. The monoisotopic (exact) mass is 406 g/mol. The minimum absolute atomic E-state index is 0.0896. The van der Waals surface area contributed by atoms with E-state index in [0.29, 0.717) is 6.07 Å². The molecule has 0 atom stereocenters. The van der Waals surface area contributed by atoms with Crippen LogP contribution in [-0.4, -0.2) is 25.7 Å². The Morgan fingerprint density at radius 3 is 2.33 bits per heavy atom. The summed E-state index contributed by atoms with van der Waals surface area (Å²) < 4.78 is 81.7. The highest BCUT2D eigenvalue weighted by atomic mass is 32.2. The second-order valence-corrected chi connectivity index (χ2v) is 7.69. The molecule has 1 N–H and O–H groups in total. The van der Waals surface area contributed by atoms with Gasteiger partial charge in [-0.3, -0.25) is 4.79 Å². The molecule has 0 fully saturated rings. The van der Waals surface area contributed by atoms with Crippen molar-refractivity contribution in [2.75, 3.05) is 6.26 Å². The van der Waals surface area contributed by atoms with E-state index in [4.69, 9.17) is 9.84 Å². The lowest BCUT2D eigenvalue weighted by atomic mass is 10.1. The molecule has 0 radical (unpaired) electrons. The quantitative estimate of drug-likeness (QED) is 0.732. The molecule has 0 unspecified atom stereocenters. The van der Waals surface area contributed by atoms with E-state index in [9.17, 15) is 30.8 Å². The van der Waals surface area contributed by atoms with Gasteiger partial charge in [-0.15, -0.1) is 0 Å². The van der Waals surface area contributed by atoms with Crippen LogP contribution in [0.4, 0.5) is 17.6 Å². The van der Waals surface area contributed by atoms with Crippen molar-refractivity contribution in [2.45, 2.75) is 23.9 Å². The van der Waals surface area contributed by atoms with Gasteiger partial charge in [0, 0.05) is 18.7 Å². The molecular weight excluding hydrogens is 392 g/mol. The summed E-state index contributed by atoms with van der Waals surface area (Å²) in [6, 6.07) is 5.27. The number of ether oxygens (including phenoxy) is 1. The predicted molar refractivity (Wildman–Crippen MR) is 87.0 cm³/mol. The maximum absolute atomic E-state index is 13.5. The van der Waals surface area contributed by atoms with Crippen LogP contribution in [0.5, 0.6) is 11.5 Å². The molecular formula is C17H14F4O5S. The van der Waals surface area contributed by atoms with Crippen molar-refractivity contribution >= 4 is 15.8 Å². The fourth-order valence-corrected chi connectivity index (χ4v) is 2.89.